The molecule has 0 fully saturated rings. The van der Waals surface area contributed by atoms with Crippen LogP contribution in [0.15, 0.2) is 53.4 Å². The van der Waals surface area contributed by atoms with Gasteiger partial charge in [0.1, 0.15) is 0 Å². The van der Waals surface area contributed by atoms with E-state index in [-0.39, 0.29) is 4.90 Å². The van der Waals surface area contributed by atoms with Gasteiger partial charge in [0.25, 0.3) is 0 Å². The minimum Gasteiger partial charge on any atom is -0.310 e. The van der Waals surface area contributed by atoms with Gasteiger partial charge < -0.3 is 4.57 Å². The molecular weight excluding hydrogens is 364 g/mol. The number of hydrogen-bond donors (Lipinski definition) is 2. The molecule has 0 saturated carbocycles. The van der Waals surface area contributed by atoms with E-state index in [4.69, 9.17) is 0 Å². The topological polar surface area (TPSA) is 93.1 Å². The highest BCUT2D eigenvalue weighted by molar-refractivity contribution is 7.89. The van der Waals surface area contributed by atoms with Gasteiger partial charge in [-0.25, -0.2) is 13.4 Å². The van der Waals surface area contributed by atoms with E-state index in [2.05, 4.69) is 15.0 Å². The molecule has 7 nitrogen and oxygen atoms in total. The molecule has 2 aromatic carbocycles. The number of imidazole rings is 1. The summed E-state index contributed by atoms with van der Waals surface area (Å²) < 4.78 is 29.2. The maximum atomic E-state index is 12.5. The Morgan fingerprint density at radius 2 is 1.81 bits per heavy atom. The summed E-state index contributed by atoms with van der Waals surface area (Å²) in [5.41, 5.74) is 2.63. The quantitative estimate of drug-likeness (QED) is 0.681. The molecule has 0 aliphatic rings. The number of nitrogens with one attached hydrogen (secondary N) is 2. The van der Waals surface area contributed by atoms with Gasteiger partial charge in [0.2, 0.25) is 21.9 Å². The second-order valence-corrected chi connectivity index (χ2v) is 8.03. The normalized spacial score (nSPS) is 12.9. The van der Waals surface area contributed by atoms with Crippen LogP contribution in [0.5, 0.6) is 0 Å². The van der Waals surface area contributed by atoms with Crippen molar-refractivity contribution in [2.45, 2.75) is 38.3 Å². The first-order valence-corrected chi connectivity index (χ1v) is 10.2. The number of amides is 1. The lowest BCUT2D eigenvalue weighted by Crippen LogP contribution is -2.41. The number of aromatic nitrogens is 2. The third-order valence-corrected chi connectivity index (χ3v) is 5.82. The van der Waals surface area contributed by atoms with Crippen LogP contribution in [0.4, 0.5) is 5.95 Å². The van der Waals surface area contributed by atoms with Gasteiger partial charge >= 0.3 is 0 Å². The molecule has 1 aromatic heterocycles. The van der Waals surface area contributed by atoms with Gasteiger partial charge in [0, 0.05) is 6.54 Å². The van der Waals surface area contributed by atoms with Gasteiger partial charge in [-0.2, -0.15) is 4.72 Å². The molecule has 0 bridgehead atoms. The van der Waals surface area contributed by atoms with Crippen molar-refractivity contribution in [2.75, 3.05) is 5.32 Å². The Bertz CT molecular complexity index is 1070. The summed E-state index contributed by atoms with van der Waals surface area (Å²) >= 11 is 0. The van der Waals surface area contributed by atoms with E-state index < -0.39 is 22.0 Å². The number of carbonyl (C=O) groups is 1. The predicted molar refractivity (Wildman–Crippen MR) is 105 cm³/mol. The first-order valence-electron chi connectivity index (χ1n) is 8.67. The molecule has 0 radical (unpaired) electrons. The highest BCUT2D eigenvalue weighted by Gasteiger charge is 2.23. The van der Waals surface area contributed by atoms with Crippen LogP contribution >= 0.6 is 0 Å². The van der Waals surface area contributed by atoms with Crippen LogP contribution in [-0.4, -0.2) is 29.9 Å². The highest BCUT2D eigenvalue weighted by atomic mass is 32.2. The Morgan fingerprint density at radius 3 is 2.48 bits per heavy atom. The first-order chi connectivity index (χ1) is 12.8. The van der Waals surface area contributed by atoms with Crippen LogP contribution in [-0.2, 0) is 21.4 Å². The van der Waals surface area contributed by atoms with Crippen LogP contribution < -0.4 is 10.0 Å². The molecule has 2 N–H and O–H groups in total. The summed E-state index contributed by atoms with van der Waals surface area (Å²) in [7, 11) is -3.79. The van der Waals surface area contributed by atoms with Gasteiger partial charge in [-0.3, -0.25) is 10.1 Å². The average Bonchev–Trinajstić information content (AvgIpc) is 2.98. The Labute approximate surface area is 158 Å². The van der Waals surface area contributed by atoms with Gasteiger partial charge in [0.05, 0.1) is 22.0 Å². The van der Waals surface area contributed by atoms with E-state index >= 15 is 0 Å². The summed E-state index contributed by atoms with van der Waals surface area (Å²) in [4.78, 5) is 17.1. The number of carbonyl (C=O) groups excluding carboxylic acids is 1. The second kappa shape index (κ2) is 7.50. The van der Waals surface area contributed by atoms with E-state index in [0.29, 0.717) is 12.5 Å². The fourth-order valence-electron chi connectivity index (χ4n) is 2.78. The fourth-order valence-corrected chi connectivity index (χ4v) is 3.98. The first kappa shape index (κ1) is 19.1. The van der Waals surface area contributed by atoms with Crippen molar-refractivity contribution in [1.82, 2.24) is 14.3 Å². The smallest absolute Gasteiger partial charge is 0.244 e. The number of hydrogen-bond acceptors (Lipinski definition) is 4. The van der Waals surface area contributed by atoms with Crippen LogP contribution in [0, 0.1) is 6.92 Å². The number of anilines is 1. The summed E-state index contributed by atoms with van der Waals surface area (Å²) in [5.74, 6) is -0.0826. The van der Waals surface area contributed by atoms with Gasteiger partial charge in [0.15, 0.2) is 0 Å². The van der Waals surface area contributed by atoms with Crippen molar-refractivity contribution in [3.05, 3.63) is 54.1 Å². The number of para-hydroxylation sites is 2. The number of aryl methyl sites for hydroxylation is 2. The molecule has 0 unspecified atom stereocenters. The summed E-state index contributed by atoms with van der Waals surface area (Å²) in [5, 5.41) is 2.72. The van der Waals surface area contributed by atoms with E-state index in [0.717, 1.165) is 16.6 Å². The molecule has 0 aliphatic carbocycles. The second-order valence-electron chi connectivity index (χ2n) is 6.31. The maximum absolute atomic E-state index is 12.5. The lowest BCUT2D eigenvalue weighted by molar-refractivity contribution is -0.117. The SMILES string of the molecule is CCn1c(NC(=O)[C@@H](C)NS(=O)(=O)c2ccc(C)cc2)nc2ccccc21. The molecule has 0 spiro atoms. The molecule has 1 heterocycles. The van der Waals surface area contributed by atoms with Crippen LogP contribution in [0.25, 0.3) is 11.0 Å². The largest absolute Gasteiger partial charge is 0.310 e. The number of fused-ring (bicyclic) bond motifs is 1. The standard InChI is InChI=1S/C19H22N4O3S/c1-4-23-17-8-6-5-7-16(17)20-19(23)21-18(24)14(3)22-27(25,26)15-11-9-13(2)10-12-15/h5-12,14,22H,4H2,1-3H3,(H,20,21,24)/t14-/m1/s1. The van der Waals surface area contributed by atoms with Crippen molar-refractivity contribution in [3.8, 4) is 0 Å². The Kier molecular flexibility index (Phi) is 5.29. The molecule has 3 rings (SSSR count). The Hall–Kier alpha value is -2.71. The number of nitrogens with zero attached hydrogens (tertiary/aromatic N) is 2. The van der Waals surface area contributed by atoms with E-state index in [1.807, 2.05) is 42.7 Å². The van der Waals surface area contributed by atoms with Crippen molar-refractivity contribution >= 4 is 32.9 Å². The Balaban J connectivity index is 1.77. The molecule has 0 aliphatic heterocycles. The third-order valence-electron chi connectivity index (χ3n) is 4.26. The number of sulfonamides is 1. The van der Waals surface area contributed by atoms with E-state index in [1.54, 1.807) is 12.1 Å². The number of benzene rings is 2. The van der Waals surface area contributed by atoms with Crippen molar-refractivity contribution in [1.29, 1.82) is 0 Å². The Morgan fingerprint density at radius 1 is 1.15 bits per heavy atom. The maximum Gasteiger partial charge on any atom is 0.244 e. The fraction of sp³-hybridized carbons (Fsp3) is 0.263. The zero-order valence-corrected chi connectivity index (χ0v) is 16.2. The molecule has 3 aromatic rings. The highest BCUT2D eigenvalue weighted by Crippen LogP contribution is 2.19. The summed E-state index contributed by atoms with van der Waals surface area (Å²) in [6.45, 7) is 5.95. The van der Waals surface area contributed by atoms with Crippen molar-refractivity contribution in [2.24, 2.45) is 0 Å². The third kappa shape index (κ3) is 4.01. The molecule has 0 saturated heterocycles. The average molecular weight is 386 g/mol. The van der Waals surface area contributed by atoms with Crippen LogP contribution in [0.2, 0.25) is 0 Å². The minimum atomic E-state index is -3.79. The van der Waals surface area contributed by atoms with Crippen LogP contribution in [0.1, 0.15) is 19.4 Å². The molecule has 8 heteroatoms. The minimum absolute atomic E-state index is 0.119. The zero-order chi connectivity index (χ0) is 19.6. The van der Waals surface area contributed by atoms with Gasteiger partial charge in [-0.15, -0.1) is 0 Å². The molecule has 142 valence electrons. The molecular formula is C19H22N4O3S. The summed E-state index contributed by atoms with van der Waals surface area (Å²) in [6, 6.07) is 13.1. The van der Waals surface area contributed by atoms with Crippen LogP contribution in [0.3, 0.4) is 0 Å². The van der Waals surface area contributed by atoms with Gasteiger partial charge in [-0.05, 0) is 45.0 Å². The van der Waals surface area contributed by atoms with Crippen molar-refractivity contribution < 1.29 is 13.2 Å². The predicted octanol–water partition coefficient (Wildman–Crippen LogP) is 2.67. The van der Waals surface area contributed by atoms with E-state index in [1.165, 1.54) is 19.1 Å². The lowest BCUT2D eigenvalue weighted by atomic mass is 10.2. The van der Waals surface area contributed by atoms with Gasteiger partial charge in [-0.1, -0.05) is 29.8 Å². The molecule has 1 atom stereocenters. The van der Waals surface area contributed by atoms with Crippen molar-refractivity contribution in [3.63, 3.8) is 0 Å². The molecule has 1 amide bonds. The van der Waals surface area contributed by atoms with E-state index in [9.17, 15) is 13.2 Å². The lowest BCUT2D eigenvalue weighted by Gasteiger charge is -2.15. The summed E-state index contributed by atoms with van der Waals surface area (Å²) in [6.07, 6.45) is 0. The monoisotopic (exact) mass is 386 g/mol. The number of rotatable bonds is 6. The zero-order valence-electron chi connectivity index (χ0n) is 15.4. The molecule has 27 heavy (non-hydrogen) atoms.